The number of imidazole rings is 1. The molecule has 39 heavy (non-hydrogen) atoms. The van der Waals surface area contributed by atoms with Crippen LogP contribution in [0.4, 0.5) is 0 Å². The van der Waals surface area contributed by atoms with Crippen molar-refractivity contribution in [2.45, 2.75) is 63.2 Å². The number of sulfonamides is 1. The largest absolute Gasteiger partial charge is 0.493 e. The predicted molar refractivity (Wildman–Crippen MR) is 148 cm³/mol. The number of aryl methyl sites for hydroxylation is 1. The maximum atomic E-state index is 13.3. The molecule has 2 N–H and O–H groups in total. The van der Waals surface area contributed by atoms with E-state index in [4.69, 9.17) is 19.6 Å². The van der Waals surface area contributed by atoms with Crippen molar-refractivity contribution < 1.29 is 17.9 Å². The fourth-order valence-corrected chi connectivity index (χ4v) is 6.55. The molecule has 1 aromatic carbocycles. The van der Waals surface area contributed by atoms with Crippen LogP contribution in [0.3, 0.4) is 0 Å². The number of nitrogens with zero attached hydrogens (tertiary/aromatic N) is 4. The summed E-state index contributed by atoms with van der Waals surface area (Å²) in [6, 6.07) is 4.65. The third-order valence-electron chi connectivity index (χ3n) is 7.56. The molecule has 2 fully saturated rings. The summed E-state index contributed by atoms with van der Waals surface area (Å²) in [5.41, 5.74) is 1.15. The summed E-state index contributed by atoms with van der Waals surface area (Å²) in [4.78, 5) is 23.1. The molecule has 1 saturated heterocycles. The van der Waals surface area contributed by atoms with E-state index in [1.807, 2.05) is 13.8 Å². The predicted octanol–water partition coefficient (Wildman–Crippen LogP) is 2.84. The number of benzene rings is 1. The summed E-state index contributed by atoms with van der Waals surface area (Å²) < 4.78 is 41.9. The number of rotatable bonds is 9. The molecule has 0 amide bonds. The van der Waals surface area contributed by atoms with Gasteiger partial charge in [-0.15, -0.1) is 5.10 Å². The van der Waals surface area contributed by atoms with Gasteiger partial charge < -0.3 is 14.5 Å². The molecule has 0 bridgehead atoms. The van der Waals surface area contributed by atoms with E-state index in [1.54, 1.807) is 10.6 Å². The van der Waals surface area contributed by atoms with Crippen LogP contribution in [0.25, 0.3) is 16.9 Å². The molecule has 11 nitrogen and oxygen atoms in total. The Hall–Kier alpha value is -2.80. The Balaban J connectivity index is 1.49. The molecule has 3 heterocycles. The second-order valence-corrected chi connectivity index (χ2v) is 12.0. The van der Waals surface area contributed by atoms with Crippen LogP contribution >= 0.6 is 0 Å². The maximum Gasteiger partial charge on any atom is 0.277 e. The molecule has 1 saturated carbocycles. The highest BCUT2D eigenvalue weighted by Crippen LogP contribution is 2.33. The van der Waals surface area contributed by atoms with Crippen molar-refractivity contribution in [3.8, 4) is 17.1 Å². The summed E-state index contributed by atoms with van der Waals surface area (Å²) in [7, 11) is -3.80. The monoisotopic (exact) mass is 558 g/mol. The minimum Gasteiger partial charge on any atom is -0.493 e. The standard InChI is InChI=1S/C27H38N6O5S/c1-3-38-23-11-10-21(39(35,36)28-12-13-32-14-16-37-17-15-32)18-22(23)25-30-27(34)24-19(2)29-26(33(24)31-25)20-8-6-4-5-7-9-20/h10-11,18,20,28H,3-9,12-17H2,1-2H3,(H,30,31,34). The molecule has 0 radical (unpaired) electrons. The first kappa shape index (κ1) is 27.8. The third-order valence-corrected chi connectivity index (χ3v) is 9.02. The van der Waals surface area contributed by atoms with Gasteiger partial charge in [0.1, 0.15) is 11.6 Å². The van der Waals surface area contributed by atoms with Gasteiger partial charge in [0.05, 0.1) is 36.0 Å². The van der Waals surface area contributed by atoms with Gasteiger partial charge in [-0.1, -0.05) is 25.7 Å². The van der Waals surface area contributed by atoms with Gasteiger partial charge in [0, 0.05) is 32.1 Å². The number of aromatic amines is 1. The molecule has 2 aromatic heterocycles. The lowest BCUT2D eigenvalue weighted by Crippen LogP contribution is -2.41. The van der Waals surface area contributed by atoms with Crippen molar-refractivity contribution in [3.63, 3.8) is 0 Å². The van der Waals surface area contributed by atoms with Gasteiger partial charge in [0.15, 0.2) is 11.3 Å². The molecule has 1 aliphatic carbocycles. The zero-order valence-electron chi connectivity index (χ0n) is 22.7. The summed E-state index contributed by atoms with van der Waals surface area (Å²) in [5.74, 6) is 1.71. The van der Waals surface area contributed by atoms with Gasteiger partial charge in [-0.2, -0.15) is 0 Å². The number of aromatic nitrogens is 4. The number of hydrogen-bond acceptors (Lipinski definition) is 8. The van der Waals surface area contributed by atoms with Gasteiger partial charge in [0.25, 0.3) is 5.56 Å². The van der Waals surface area contributed by atoms with E-state index in [0.29, 0.717) is 48.9 Å². The highest BCUT2D eigenvalue weighted by atomic mass is 32.2. The van der Waals surface area contributed by atoms with E-state index >= 15 is 0 Å². The van der Waals surface area contributed by atoms with Crippen LogP contribution in [0.2, 0.25) is 0 Å². The van der Waals surface area contributed by atoms with E-state index < -0.39 is 10.0 Å². The Bertz CT molecular complexity index is 1450. The van der Waals surface area contributed by atoms with E-state index in [-0.39, 0.29) is 28.7 Å². The summed E-state index contributed by atoms with van der Waals surface area (Å²) in [6.07, 6.45) is 6.69. The molecule has 0 unspecified atom stereocenters. The molecule has 3 aromatic rings. The topological polar surface area (TPSA) is 131 Å². The second kappa shape index (κ2) is 12.2. The third kappa shape index (κ3) is 6.19. The van der Waals surface area contributed by atoms with Crippen LogP contribution in [0.1, 0.15) is 62.9 Å². The van der Waals surface area contributed by atoms with Crippen molar-refractivity contribution >= 4 is 15.5 Å². The van der Waals surface area contributed by atoms with E-state index in [0.717, 1.165) is 44.6 Å². The average molecular weight is 559 g/mol. The zero-order chi connectivity index (χ0) is 27.4. The lowest BCUT2D eigenvalue weighted by atomic mass is 10.00. The van der Waals surface area contributed by atoms with E-state index in [1.165, 1.54) is 25.0 Å². The SMILES string of the molecule is CCOc1ccc(S(=O)(=O)NCCN2CCOCC2)cc1-c1nn2c(C3CCCCCC3)nc(C)c2c(=O)[nH]1. The highest BCUT2D eigenvalue weighted by molar-refractivity contribution is 7.89. The molecule has 12 heteroatoms. The molecular formula is C27H38N6O5S. The molecule has 2 aliphatic rings. The van der Waals surface area contributed by atoms with Crippen LogP contribution < -0.4 is 15.0 Å². The molecule has 0 atom stereocenters. The van der Waals surface area contributed by atoms with Crippen molar-refractivity contribution in [1.29, 1.82) is 0 Å². The van der Waals surface area contributed by atoms with Gasteiger partial charge >= 0.3 is 0 Å². The number of fused-ring (bicyclic) bond motifs is 1. The zero-order valence-corrected chi connectivity index (χ0v) is 23.6. The first-order valence-electron chi connectivity index (χ1n) is 13.9. The number of hydrogen-bond donors (Lipinski definition) is 2. The fraction of sp³-hybridized carbons (Fsp3) is 0.593. The summed E-state index contributed by atoms with van der Waals surface area (Å²) in [5, 5.41) is 4.81. The Morgan fingerprint density at radius 3 is 2.62 bits per heavy atom. The molecule has 212 valence electrons. The normalized spacial score (nSPS) is 17.9. The lowest BCUT2D eigenvalue weighted by molar-refractivity contribution is 0.0390. The summed E-state index contributed by atoms with van der Waals surface area (Å²) >= 11 is 0. The first-order chi connectivity index (χ1) is 18.9. The summed E-state index contributed by atoms with van der Waals surface area (Å²) in [6.45, 7) is 7.82. The molecule has 0 spiro atoms. The van der Waals surface area contributed by atoms with Crippen LogP contribution in [-0.4, -0.2) is 78.9 Å². The minimum atomic E-state index is -3.80. The van der Waals surface area contributed by atoms with Crippen molar-refractivity contribution in [2.24, 2.45) is 0 Å². The molecule has 5 rings (SSSR count). The number of H-pyrrole nitrogens is 1. The lowest BCUT2D eigenvalue weighted by Gasteiger charge is -2.26. The van der Waals surface area contributed by atoms with Crippen molar-refractivity contribution in [1.82, 2.24) is 29.2 Å². The number of nitrogens with one attached hydrogen (secondary N) is 2. The van der Waals surface area contributed by atoms with Crippen molar-refractivity contribution in [3.05, 3.63) is 40.1 Å². The first-order valence-corrected chi connectivity index (χ1v) is 15.4. The van der Waals surface area contributed by atoms with Crippen LogP contribution in [-0.2, 0) is 14.8 Å². The maximum absolute atomic E-state index is 13.3. The quantitative estimate of drug-likeness (QED) is 0.384. The van der Waals surface area contributed by atoms with Gasteiger partial charge in [-0.25, -0.2) is 22.6 Å². The van der Waals surface area contributed by atoms with E-state index in [9.17, 15) is 13.2 Å². The Labute approximate surface area is 229 Å². The van der Waals surface area contributed by atoms with Gasteiger partial charge in [-0.3, -0.25) is 9.69 Å². The van der Waals surface area contributed by atoms with Gasteiger partial charge in [-0.05, 0) is 44.9 Å². The van der Waals surface area contributed by atoms with Crippen LogP contribution in [0, 0.1) is 6.92 Å². The minimum absolute atomic E-state index is 0.0801. The Kier molecular flexibility index (Phi) is 8.65. The Morgan fingerprint density at radius 1 is 1.15 bits per heavy atom. The van der Waals surface area contributed by atoms with Crippen molar-refractivity contribution in [2.75, 3.05) is 46.0 Å². The smallest absolute Gasteiger partial charge is 0.277 e. The molecular weight excluding hydrogens is 520 g/mol. The highest BCUT2D eigenvalue weighted by Gasteiger charge is 2.25. The van der Waals surface area contributed by atoms with Crippen LogP contribution in [0.5, 0.6) is 5.75 Å². The molecule has 1 aliphatic heterocycles. The van der Waals surface area contributed by atoms with E-state index in [2.05, 4.69) is 14.6 Å². The number of ether oxygens (including phenoxy) is 2. The number of morpholine rings is 1. The second-order valence-electron chi connectivity index (χ2n) is 10.2. The van der Waals surface area contributed by atoms with Crippen LogP contribution in [0.15, 0.2) is 27.9 Å². The van der Waals surface area contributed by atoms with Gasteiger partial charge in [0.2, 0.25) is 10.0 Å². The average Bonchev–Trinajstić information content (AvgIpc) is 3.08. The Morgan fingerprint density at radius 2 is 1.90 bits per heavy atom. The fourth-order valence-electron chi connectivity index (χ4n) is 5.51.